The van der Waals surface area contributed by atoms with Gasteiger partial charge in [-0.25, -0.2) is 13.8 Å². The number of hydrogen-bond acceptors (Lipinski definition) is 4. The van der Waals surface area contributed by atoms with Crippen LogP contribution in [-0.4, -0.2) is 11.3 Å². The first-order valence-corrected chi connectivity index (χ1v) is 4.91. The summed E-state index contributed by atoms with van der Waals surface area (Å²) in [6.45, 7) is -0.504. The highest BCUT2D eigenvalue weighted by atomic mass is 19.4. The quantitative estimate of drug-likeness (QED) is 0.860. The number of nitriles is 1. The standard InChI is InChI=1S/C10H8F5N3O/c11-8(12)7-4-18-9(19-10(13,14)15)6(3-17)5(7)1-2-16/h4,8H,1,3,17H2. The van der Waals surface area contributed by atoms with E-state index in [9.17, 15) is 22.0 Å². The topological polar surface area (TPSA) is 71.9 Å². The Morgan fingerprint density at radius 2 is 2.00 bits per heavy atom. The highest BCUT2D eigenvalue weighted by Gasteiger charge is 2.34. The van der Waals surface area contributed by atoms with Crippen molar-refractivity contribution in [2.24, 2.45) is 5.73 Å². The normalized spacial score (nSPS) is 11.5. The van der Waals surface area contributed by atoms with Crippen LogP contribution in [0.1, 0.15) is 23.1 Å². The van der Waals surface area contributed by atoms with Crippen LogP contribution in [0.3, 0.4) is 0 Å². The van der Waals surface area contributed by atoms with Crippen LogP contribution in [0.15, 0.2) is 6.20 Å². The molecule has 0 amide bonds. The zero-order chi connectivity index (χ0) is 14.6. The molecule has 0 saturated carbocycles. The molecule has 1 rings (SSSR count). The summed E-state index contributed by atoms with van der Waals surface area (Å²) in [4.78, 5) is 3.19. The van der Waals surface area contributed by atoms with E-state index in [2.05, 4.69) is 9.72 Å². The summed E-state index contributed by atoms with van der Waals surface area (Å²) in [5.41, 5.74) is 3.97. The van der Waals surface area contributed by atoms with Gasteiger partial charge in [0.1, 0.15) is 0 Å². The first kappa shape index (κ1) is 15.1. The van der Waals surface area contributed by atoms with Crippen molar-refractivity contribution in [1.82, 2.24) is 4.98 Å². The summed E-state index contributed by atoms with van der Waals surface area (Å²) >= 11 is 0. The number of rotatable bonds is 4. The molecule has 4 nitrogen and oxygen atoms in total. The summed E-state index contributed by atoms with van der Waals surface area (Å²) in [7, 11) is 0. The molecule has 0 unspecified atom stereocenters. The Labute approximate surface area is 104 Å². The molecule has 2 N–H and O–H groups in total. The van der Waals surface area contributed by atoms with E-state index in [0.717, 1.165) is 0 Å². The third-order valence-electron chi connectivity index (χ3n) is 2.20. The second-order valence-corrected chi connectivity index (χ2v) is 3.36. The van der Waals surface area contributed by atoms with Gasteiger partial charge in [0.15, 0.2) is 0 Å². The van der Waals surface area contributed by atoms with E-state index in [1.54, 1.807) is 6.07 Å². The SMILES string of the molecule is N#CCc1c(C(F)F)cnc(OC(F)(F)F)c1CN. The smallest absolute Gasteiger partial charge is 0.388 e. The zero-order valence-electron chi connectivity index (χ0n) is 9.34. The van der Waals surface area contributed by atoms with Gasteiger partial charge in [0.25, 0.3) is 6.43 Å². The van der Waals surface area contributed by atoms with Gasteiger partial charge in [-0.3, -0.25) is 0 Å². The molecule has 0 radical (unpaired) electrons. The molecule has 0 fully saturated rings. The Bertz CT molecular complexity index is 495. The number of halogens is 5. The molecule has 0 aliphatic carbocycles. The van der Waals surface area contributed by atoms with E-state index in [0.29, 0.717) is 6.20 Å². The van der Waals surface area contributed by atoms with E-state index >= 15 is 0 Å². The average Bonchev–Trinajstić information content (AvgIpc) is 2.27. The van der Waals surface area contributed by atoms with Gasteiger partial charge in [-0.2, -0.15) is 5.26 Å². The van der Waals surface area contributed by atoms with Gasteiger partial charge in [0.05, 0.1) is 12.5 Å². The monoisotopic (exact) mass is 281 g/mol. The van der Waals surface area contributed by atoms with Crippen molar-refractivity contribution >= 4 is 0 Å². The van der Waals surface area contributed by atoms with Gasteiger partial charge in [0, 0.05) is 23.9 Å². The fraction of sp³-hybridized carbons (Fsp3) is 0.400. The maximum atomic E-state index is 12.7. The number of hydrogen-bond donors (Lipinski definition) is 1. The predicted octanol–water partition coefficient (Wildman–Crippen LogP) is 2.44. The number of ether oxygens (including phenoxy) is 1. The molecule has 19 heavy (non-hydrogen) atoms. The molecule has 0 aliphatic heterocycles. The number of nitrogens with two attached hydrogens (primary N) is 1. The van der Waals surface area contributed by atoms with Crippen LogP contribution < -0.4 is 10.5 Å². The van der Waals surface area contributed by atoms with Crippen LogP contribution in [0.2, 0.25) is 0 Å². The van der Waals surface area contributed by atoms with Crippen LogP contribution in [0.5, 0.6) is 5.88 Å². The minimum Gasteiger partial charge on any atom is -0.388 e. The lowest BCUT2D eigenvalue weighted by molar-refractivity contribution is -0.276. The molecular weight excluding hydrogens is 273 g/mol. The third-order valence-corrected chi connectivity index (χ3v) is 2.20. The van der Waals surface area contributed by atoms with Crippen LogP contribution in [0, 0.1) is 11.3 Å². The molecule has 0 atom stereocenters. The van der Waals surface area contributed by atoms with Gasteiger partial charge < -0.3 is 10.5 Å². The van der Waals surface area contributed by atoms with Crippen LogP contribution in [0.25, 0.3) is 0 Å². The van der Waals surface area contributed by atoms with Gasteiger partial charge in [-0.05, 0) is 5.56 Å². The van der Waals surface area contributed by atoms with Gasteiger partial charge in [-0.15, -0.1) is 13.2 Å². The first-order chi connectivity index (χ1) is 8.80. The summed E-state index contributed by atoms with van der Waals surface area (Å²) in [5, 5.41) is 8.55. The van der Waals surface area contributed by atoms with Crippen molar-refractivity contribution in [2.75, 3.05) is 0 Å². The van der Waals surface area contributed by atoms with Crippen molar-refractivity contribution in [3.63, 3.8) is 0 Å². The largest absolute Gasteiger partial charge is 0.574 e. The molecule has 0 aliphatic rings. The van der Waals surface area contributed by atoms with Crippen LogP contribution >= 0.6 is 0 Å². The molecule has 1 heterocycles. The minimum atomic E-state index is -5.02. The lowest BCUT2D eigenvalue weighted by Gasteiger charge is -2.16. The third kappa shape index (κ3) is 3.75. The van der Waals surface area contributed by atoms with E-state index in [1.165, 1.54) is 0 Å². The molecule has 9 heteroatoms. The molecule has 0 aromatic carbocycles. The molecule has 0 spiro atoms. The van der Waals surface area contributed by atoms with Crippen molar-refractivity contribution in [1.29, 1.82) is 5.26 Å². The number of pyridine rings is 1. The minimum absolute atomic E-state index is 0.283. The predicted molar refractivity (Wildman–Crippen MR) is 53.1 cm³/mol. The molecule has 0 saturated heterocycles. The summed E-state index contributed by atoms with van der Waals surface area (Å²) in [5.74, 6) is -0.912. The summed E-state index contributed by atoms with van der Waals surface area (Å²) < 4.78 is 65.3. The van der Waals surface area contributed by atoms with Gasteiger partial charge >= 0.3 is 6.36 Å². The Morgan fingerprint density at radius 1 is 1.37 bits per heavy atom. The van der Waals surface area contributed by atoms with E-state index in [1.807, 2.05) is 0 Å². The van der Waals surface area contributed by atoms with Crippen LogP contribution in [0.4, 0.5) is 22.0 Å². The molecular formula is C10H8F5N3O. The average molecular weight is 281 g/mol. The van der Waals surface area contributed by atoms with E-state index in [4.69, 9.17) is 11.0 Å². The zero-order valence-corrected chi connectivity index (χ0v) is 9.34. The first-order valence-electron chi connectivity index (χ1n) is 4.91. The highest BCUT2D eigenvalue weighted by Crippen LogP contribution is 2.32. The molecule has 1 aromatic rings. The van der Waals surface area contributed by atoms with Crippen molar-refractivity contribution in [2.45, 2.75) is 25.8 Å². The Hall–Kier alpha value is -1.95. The van der Waals surface area contributed by atoms with Gasteiger partial charge in [-0.1, -0.05) is 0 Å². The number of alkyl halides is 5. The second kappa shape index (κ2) is 5.79. The van der Waals surface area contributed by atoms with Crippen molar-refractivity contribution in [3.8, 4) is 11.9 Å². The number of nitrogens with zero attached hydrogens (tertiary/aromatic N) is 2. The Balaban J connectivity index is 3.37. The lowest BCUT2D eigenvalue weighted by Crippen LogP contribution is -2.21. The van der Waals surface area contributed by atoms with Crippen molar-refractivity contribution in [3.05, 3.63) is 22.9 Å². The maximum Gasteiger partial charge on any atom is 0.574 e. The maximum absolute atomic E-state index is 12.7. The number of aromatic nitrogens is 1. The molecule has 0 bridgehead atoms. The van der Waals surface area contributed by atoms with E-state index < -0.39 is 37.2 Å². The highest BCUT2D eigenvalue weighted by molar-refractivity contribution is 5.42. The van der Waals surface area contributed by atoms with Crippen molar-refractivity contribution < 1.29 is 26.7 Å². The molecule has 104 valence electrons. The molecule has 1 aromatic heterocycles. The Kier molecular flexibility index (Phi) is 4.61. The Morgan fingerprint density at radius 3 is 2.42 bits per heavy atom. The fourth-order valence-corrected chi connectivity index (χ4v) is 1.47. The summed E-state index contributed by atoms with van der Waals surface area (Å²) in [6, 6.07) is 1.59. The fourth-order valence-electron chi connectivity index (χ4n) is 1.47. The lowest BCUT2D eigenvalue weighted by atomic mass is 10.0. The second-order valence-electron chi connectivity index (χ2n) is 3.36. The van der Waals surface area contributed by atoms with Crippen LogP contribution in [-0.2, 0) is 13.0 Å². The summed E-state index contributed by atoms with van der Waals surface area (Å²) in [6.07, 6.45) is -7.95. The van der Waals surface area contributed by atoms with Gasteiger partial charge in [0.2, 0.25) is 5.88 Å². The van der Waals surface area contributed by atoms with E-state index in [-0.39, 0.29) is 11.1 Å².